The second-order valence-electron chi connectivity index (χ2n) is 6.41. The highest BCUT2D eigenvalue weighted by Crippen LogP contribution is 2.38. The van der Waals surface area contributed by atoms with Crippen molar-refractivity contribution in [2.24, 2.45) is 0 Å². The minimum Gasteiger partial charge on any atom is -0.394 e. The zero-order valence-corrected chi connectivity index (χ0v) is 14.3. The summed E-state index contributed by atoms with van der Waals surface area (Å²) in [5.74, 6) is -3.65. The van der Waals surface area contributed by atoms with Gasteiger partial charge in [-0.05, 0) is 24.1 Å². The smallest absolute Gasteiger partial charge is 0.272 e. The van der Waals surface area contributed by atoms with Crippen LogP contribution in [0.3, 0.4) is 0 Å². The van der Waals surface area contributed by atoms with Gasteiger partial charge in [0.1, 0.15) is 17.0 Å². The molecule has 1 aromatic carbocycles. The molecule has 0 amide bonds. The van der Waals surface area contributed by atoms with E-state index in [-0.39, 0.29) is 38.9 Å². The molecular weight excluding hydrogens is 359 g/mol. The molecule has 3 aromatic heterocycles. The van der Waals surface area contributed by atoms with E-state index in [0.29, 0.717) is 10.9 Å². The third-order valence-electron chi connectivity index (χ3n) is 4.63. The maximum Gasteiger partial charge on any atom is 0.272 e. The Hall–Kier alpha value is -3.36. The van der Waals surface area contributed by atoms with Crippen molar-refractivity contribution in [3.05, 3.63) is 51.8 Å². The second kappa shape index (κ2) is 5.57. The number of anilines is 1. The normalized spacial score (nSPS) is 12.2. The van der Waals surface area contributed by atoms with Crippen LogP contribution >= 0.6 is 0 Å². The van der Waals surface area contributed by atoms with Crippen LogP contribution in [0.4, 0.5) is 18.9 Å². The number of pyridine rings is 2. The first-order chi connectivity index (χ1) is 12.7. The molecule has 9 heteroatoms. The van der Waals surface area contributed by atoms with Gasteiger partial charge in [0, 0.05) is 29.6 Å². The SMILES string of the molecule is Cc1c(C(C)(F)F)cnc2c(-c3ccc(F)c4[nH]ncc34)c(N)c(=O)[nH]c12. The molecule has 0 saturated carbocycles. The van der Waals surface area contributed by atoms with Gasteiger partial charge < -0.3 is 10.7 Å². The van der Waals surface area contributed by atoms with Crippen molar-refractivity contribution in [1.82, 2.24) is 20.2 Å². The number of halogens is 3. The highest BCUT2D eigenvalue weighted by molar-refractivity contribution is 6.06. The fourth-order valence-electron chi connectivity index (χ4n) is 3.30. The number of nitrogens with two attached hydrogens (primary N) is 1. The van der Waals surface area contributed by atoms with Crippen LogP contribution in [-0.2, 0) is 5.92 Å². The summed E-state index contributed by atoms with van der Waals surface area (Å²) >= 11 is 0. The Morgan fingerprint density at radius 1 is 1.19 bits per heavy atom. The molecule has 6 nitrogen and oxygen atoms in total. The number of benzene rings is 1. The highest BCUT2D eigenvalue weighted by Gasteiger charge is 2.29. The number of nitrogen functional groups attached to an aromatic ring is 1. The summed E-state index contributed by atoms with van der Waals surface area (Å²) < 4.78 is 41.7. The minimum atomic E-state index is -3.13. The zero-order chi connectivity index (χ0) is 19.5. The monoisotopic (exact) mass is 373 g/mol. The molecule has 0 saturated heterocycles. The Morgan fingerprint density at radius 3 is 2.63 bits per heavy atom. The van der Waals surface area contributed by atoms with Crippen LogP contribution in [0.1, 0.15) is 18.1 Å². The van der Waals surface area contributed by atoms with Gasteiger partial charge >= 0.3 is 0 Å². The number of hydrogen-bond acceptors (Lipinski definition) is 4. The minimum absolute atomic E-state index is 0.139. The van der Waals surface area contributed by atoms with Crippen molar-refractivity contribution in [3.63, 3.8) is 0 Å². The lowest BCUT2D eigenvalue weighted by atomic mass is 9.96. The van der Waals surface area contributed by atoms with Crippen molar-refractivity contribution in [2.45, 2.75) is 19.8 Å². The summed E-state index contributed by atoms with van der Waals surface area (Å²) in [6, 6.07) is 2.67. The molecule has 4 rings (SSSR count). The van der Waals surface area contributed by atoms with E-state index in [4.69, 9.17) is 5.73 Å². The fourth-order valence-corrected chi connectivity index (χ4v) is 3.30. The molecule has 0 aliphatic carbocycles. The maximum atomic E-state index is 14.0. The zero-order valence-electron chi connectivity index (χ0n) is 14.3. The number of hydrogen-bond donors (Lipinski definition) is 3. The Morgan fingerprint density at radius 2 is 1.93 bits per heavy atom. The van der Waals surface area contributed by atoms with Crippen LogP contribution in [0.15, 0.2) is 29.3 Å². The van der Waals surface area contributed by atoms with Gasteiger partial charge in [0.25, 0.3) is 11.5 Å². The van der Waals surface area contributed by atoms with E-state index >= 15 is 0 Å². The molecule has 3 heterocycles. The second-order valence-corrected chi connectivity index (χ2v) is 6.41. The van der Waals surface area contributed by atoms with E-state index in [9.17, 15) is 18.0 Å². The number of rotatable bonds is 2. The number of aromatic nitrogens is 4. The lowest BCUT2D eigenvalue weighted by Gasteiger charge is -2.17. The van der Waals surface area contributed by atoms with Gasteiger partial charge in [-0.15, -0.1) is 0 Å². The van der Waals surface area contributed by atoms with Gasteiger partial charge in [-0.25, -0.2) is 13.2 Å². The highest BCUT2D eigenvalue weighted by atomic mass is 19.3. The average molecular weight is 373 g/mol. The first-order valence-corrected chi connectivity index (χ1v) is 8.01. The molecule has 4 N–H and O–H groups in total. The third kappa shape index (κ3) is 2.46. The molecule has 0 aliphatic rings. The summed E-state index contributed by atoms with van der Waals surface area (Å²) in [5, 5.41) is 6.78. The van der Waals surface area contributed by atoms with Gasteiger partial charge in [0.2, 0.25) is 0 Å². The van der Waals surface area contributed by atoms with Crippen LogP contribution in [0, 0.1) is 12.7 Å². The van der Waals surface area contributed by atoms with Crippen LogP contribution < -0.4 is 11.3 Å². The Bertz CT molecular complexity index is 1270. The Kier molecular flexibility index (Phi) is 3.52. The number of nitrogens with zero attached hydrogens (tertiary/aromatic N) is 2. The summed E-state index contributed by atoms with van der Waals surface area (Å²) in [6.07, 6.45) is 2.47. The van der Waals surface area contributed by atoms with Gasteiger partial charge in [0.05, 0.1) is 17.2 Å². The van der Waals surface area contributed by atoms with E-state index in [1.165, 1.54) is 25.3 Å². The van der Waals surface area contributed by atoms with E-state index in [1.807, 2.05) is 0 Å². The number of aromatic amines is 2. The molecular formula is C18H14F3N5O. The van der Waals surface area contributed by atoms with E-state index in [0.717, 1.165) is 13.1 Å². The topological polar surface area (TPSA) is 100 Å². The van der Waals surface area contributed by atoms with Crippen molar-refractivity contribution < 1.29 is 13.2 Å². The van der Waals surface area contributed by atoms with Gasteiger partial charge in [-0.2, -0.15) is 5.10 Å². The van der Waals surface area contributed by atoms with E-state index in [1.54, 1.807) is 0 Å². The summed E-state index contributed by atoms with van der Waals surface area (Å²) in [6.45, 7) is 2.24. The van der Waals surface area contributed by atoms with Crippen molar-refractivity contribution >= 4 is 27.6 Å². The van der Waals surface area contributed by atoms with Crippen LogP contribution in [0.5, 0.6) is 0 Å². The molecule has 0 bridgehead atoms. The van der Waals surface area contributed by atoms with E-state index in [2.05, 4.69) is 20.2 Å². The van der Waals surface area contributed by atoms with Gasteiger partial charge in [-0.1, -0.05) is 6.07 Å². The van der Waals surface area contributed by atoms with Crippen molar-refractivity contribution in [2.75, 3.05) is 5.73 Å². The summed E-state index contributed by atoms with van der Waals surface area (Å²) in [7, 11) is 0. The first kappa shape index (κ1) is 17.1. The first-order valence-electron chi connectivity index (χ1n) is 8.01. The number of alkyl halides is 2. The molecule has 4 aromatic rings. The lowest BCUT2D eigenvalue weighted by molar-refractivity contribution is 0.0166. The molecule has 0 radical (unpaired) electrons. The van der Waals surface area contributed by atoms with Crippen LogP contribution in [0.2, 0.25) is 0 Å². The quantitative estimate of drug-likeness (QED) is 0.500. The number of fused-ring (bicyclic) bond motifs is 2. The fraction of sp³-hybridized carbons (Fsp3) is 0.167. The summed E-state index contributed by atoms with van der Waals surface area (Å²) in [4.78, 5) is 19.1. The molecule has 138 valence electrons. The molecule has 0 fully saturated rings. The third-order valence-corrected chi connectivity index (χ3v) is 4.63. The average Bonchev–Trinajstić information content (AvgIpc) is 3.08. The number of H-pyrrole nitrogens is 2. The van der Waals surface area contributed by atoms with E-state index < -0.39 is 17.3 Å². The van der Waals surface area contributed by atoms with Crippen molar-refractivity contribution in [1.29, 1.82) is 0 Å². The molecule has 0 atom stereocenters. The van der Waals surface area contributed by atoms with Crippen LogP contribution in [-0.4, -0.2) is 20.2 Å². The Labute approximate surface area is 150 Å². The largest absolute Gasteiger partial charge is 0.394 e. The molecule has 27 heavy (non-hydrogen) atoms. The standard InChI is InChI=1S/C18H14F3N5O/c1-7-10(18(2,20)21)6-23-16-12(13(22)17(27)25-14(7)16)8-3-4-11(19)15-9(8)5-24-26-15/h3-6H,22H2,1-2H3,(H,24,26)(H,25,27). The van der Waals surface area contributed by atoms with Gasteiger partial charge in [0.15, 0.2) is 0 Å². The molecule has 0 unspecified atom stereocenters. The number of nitrogens with one attached hydrogen (secondary N) is 2. The van der Waals surface area contributed by atoms with Gasteiger partial charge in [-0.3, -0.25) is 14.9 Å². The van der Waals surface area contributed by atoms with Crippen LogP contribution in [0.25, 0.3) is 33.1 Å². The number of aryl methyl sites for hydroxylation is 1. The molecule has 0 spiro atoms. The van der Waals surface area contributed by atoms with Crippen molar-refractivity contribution in [3.8, 4) is 11.1 Å². The Balaban J connectivity index is 2.16. The lowest BCUT2D eigenvalue weighted by Crippen LogP contribution is -2.17. The maximum absolute atomic E-state index is 14.0. The predicted octanol–water partition coefficient (Wildman–Crippen LogP) is 3.61. The predicted molar refractivity (Wildman–Crippen MR) is 96.1 cm³/mol. The summed E-state index contributed by atoms with van der Waals surface area (Å²) in [5.41, 5.74) is 6.33. The molecule has 0 aliphatic heterocycles.